The Hall–Kier alpha value is -2.50. The smallest absolute Gasteiger partial charge is 0.409 e. The third kappa shape index (κ3) is 3.22. The average molecular weight is 331 g/mol. The molecular weight excluding hydrogens is 310 g/mol. The van der Waals surface area contributed by atoms with Crippen LogP contribution in [0.1, 0.15) is 24.2 Å². The molecule has 1 aliphatic rings. The molecule has 1 amide bonds. The summed E-state index contributed by atoms with van der Waals surface area (Å²) in [6.07, 6.45) is 1.07. The molecule has 0 N–H and O–H groups in total. The Morgan fingerprint density at radius 1 is 1.33 bits per heavy atom. The van der Waals surface area contributed by atoms with E-state index in [0.717, 1.165) is 23.0 Å². The molecule has 1 aromatic heterocycles. The predicted molar refractivity (Wildman–Crippen MR) is 87.4 cm³/mol. The van der Waals surface area contributed by atoms with E-state index in [-0.39, 0.29) is 18.5 Å². The highest BCUT2D eigenvalue weighted by molar-refractivity contribution is 5.82. The summed E-state index contributed by atoms with van der Waals surface area (Å²) in [7, 11) is 1.34. The Morgan fingerprint density at radius 2 is 2.12 bits per heavy atom. The quantitative estimate of drug-likeness (QED) is 0.808. The molecular formula is C18H21NO5. The van der Waals surface area contributed by atoms with Gasteiger partial charge in [-0.1, -0.05) is 18.2 Å². The van der Waals surface area contributed by atoms with E-state index in [1.54, 1.807) is 4.90 Å². The van der Waals surface area contributed by atoms with Crippen LogP contribution >= 0.6 is 0 Å². The second-order valence-electron chi connectivity index (χ2n) is 6.01. The Kier molecular flexibility index (Phi) is 4.74. The van der Waals surface area contributed by atoms with E-state index in [1.165, 1.54) is 7.11 Å². The number of esters is 1. The normalized spacial score (nSPS) is 17.8. The van der Waals surface area contributed by atoms with E-state index in [0.29, 0.717) is 25.3 Å². The minimum absolute atomic E-state index is 0.105. The van der Waals surface area contributed by atoms with Gasteiger partial charge in [-0.05, 0) is 25.8 Å². The number of nitrogens with zero attached hydrogens (tertiary/aromatic N) is 1. The summed E-state index contributed by atoms with van der Waals surface area (Å²) in [4.78, 5) is 25.5. The molecule has 0 saturated carbocycles. The maximum atomic E-state index is 12.3. The van der Waals surface area contributed by atoms with Crippen LogP contribution in [-0.4, -0.2) is 37.2 Å². The largest absolute Gasteiger partial charge is 0.457 e. The van der Waals surface area contributed by atoms with Crippen LogP contribution in [0.15, 0.2) is 28.7 Å². The number of hydrogen-bond donors (Lipinski definition) is 0. The number of fused-ring (bicyclic) bond motifs is 1. The molecule has 3 rings (SSSR count). The maximum Gasteiger partial charge on any atom is 0.409 e. The first-order valence-corrected chi connectivity index (χ1v) is 8.06. The van der Waals surface area contributed by atoms with Crippen LogP contribution in [0.2, 0.25) is 0 Å². The monoisotopic (exact) mass is 331 g/mol. The highest BCUT2D eigenvalue weighted by atomic mass is 16.5. The van der Waals surface area contributed by atoms with Gasteiger partial charge < -0.3 is 18.8 Å². The number of para-hydroxylation sites is 1. The summed E-state index contributed by atoms with van der Waals surface area (Å²) in [6.45, 7) is 3.01. The fourth-order valence-electron chi connectivity index (χ4n) is 3.08. The summed E-state index contributed by atoms with van der Waals surface area (Å²) in [5, 5.41) is 1.03. The molecule has 6 nitrogen and oxygen atoms in total. The van der Waals surface area contributed by atoms with Crippen LogP contribution in [0, 0.1) is 12.8 Å². The molecule has 24 heavy (non-hydrogen) atoms. The van der Waals surface area contributed by atoms with E-state index >= 15 is 0 Å². The highest BCUT2D eigenvalue weighted by Gasteiger charge is 2.30. The van der Waals surface area contributed by atoms with Crippen molar-refractivity contribution in [2.45, 2.75) is 26.4 Å². The van der Waals surface area contributed by atoms with Gasteiger partial charge in [-0.3, -0.25) is 4.79 Å². The number of rotatable bonds is 3. The molecule has 0 spiro atoms. The van der Waals surface area contributed by atoms with Crippen molar-refractivity contribution in [3.8, 4) is 0 Å². The van der Waals surface area contributed by atoms with E-state index in [4.69, 9.17) is 13.9 Å². The number of carbonyl (C=O) groups is 2. The van der Waals surface area contributed by atoms with Crippen molar-refractivity contribution in [1.82, 2.24) is 4.90 Å². The number of piperidine rings is 1. The lowest BCUT2D eigenvalue weighted by atomic mass is 9.98. The van der Waals surface area contributed by atoms with Crippen LogP contribution < -0.4 is 0 Å². The predicted octanol–water partition coefficient (Wildman–Crippen LogP) is 3.26. The lowest BCUT2D eigenvalue weighted by Crippen LogP contribution is -2.42. The number of ether oxygens (including phenoxy) is 2. The van der Waals surface area contributed by atoms with Gasteiger partial charge in [0.15, 0.2) is 0 Å². The molecule has 6 heteroatoms. The van der Waals surface area contributed by atoms with Crippen LogP contribution in [0.5, 0.6) is 0 Å². The minimum atomic E-state index is -0.402. The molecule has 1 aliphatic heterocycles. The molecule has 1 aromatic carbocycles. The summed E-state index contributed by atoms with van der Waals surface area (Å²) < 4.78 is 15.9. The molecule has 1 saturated heterocycles. The van der Waals surface area contributed by atoms with Crippen molar-refractivity contribution in [1.29, 1.82) is 0 Å². The Bertz CT molecular complexity index is 751. The molecule has 1 atom stereocenters. The number of likely N-dealkylation sites (tertiary alicyclic amines) is 1. The van der Waals surface area contributed by atoms with Crippen molar-refractivity contribution >= 4 is 23.0 Å². The van der Waals surface area contributed by atoms with Gasteiger partial charge >= 0.3 is 12.1 Å². The second kappa shape index (κ2) is 6.95. The fraction of sp³-hybridized carbons (Fsp3) is 0.444. The third-order valence-corrected chi connectivity index (χ3v) is 4.48. The lowest BCUT2D eigenvalue weighted by molar-refractivity contribution is -0.152. The number of methoxy groups -OCH3 is 1. The number of furan rings is 1. The minimum Gasteiger partial charge on any atom is -0.457 e. The van der Waals surface area contributed by atoms with Crippen LogP contribution in [-0.2, 0) is 20.9 Å². The molecule has 0 aliphatic carbocycles. The zero-order valence-corrected chi connectivity index (χ0v) is 13.9. The highest BCUT2D eigenvalue weighted by Crippen LogP contribution is 2.26. The molecule has 128 valence electrons. The van der Waals surface area contributed by atoms with Gasteiger partial charge in [0.1, 0.15) is 18.0 Å². The van der Waals surface area contributed by atoms with Gasteiger partial charge in [-0.15, -0.1) is 0 Å². The van der Waals surface area contributed by atoms with Crippen LogP contribution in [0.25, 0.3) is 11.0 Å². The summed E-state index contributed by atoms with van der Waals surface area (Å²) in [5.74, 6) is 0.0381. The van der Waals surface area contributed by atoms with Gasteiger partial charge in [0.2, 0.25) is 0 Å². The SMILES string of the molecule is COC(=O)N1CCCC(C(=O)OCc2oc3ccccc3c2C)C1. The fourth-order valence-corrected chi connectivity index (χ4v) is 3.08. The zero-order valence-electron chi connectivity index (χ0n) is 13.9. The molecule has 0 bridgehead atoms. The van der Waals surface area contributed by atoms with Crippen molar-refractivity contribution in [3.05, 3.63) is 35.6 Å². The number of aryl methyl sites for hydroxylation is 1. The Labute approximate surface area is 140 Å². The van der Waals surface area contributed by atoms with E-state index in [9.17, 15) is 9.59 Å². The Morgan fingerprint density at radius 3 is 2.88 bits per heavy atom. The molecule has 2 heterocycles. The standard InChI is InChI=1S/C18H21NO5/c1-12-14-7-3-4-8-15(14)24-16(12)11-23-17(20)13-6-5-9-19(10-13)18(21)22-2/h3-4,7-8,13H,5-6,9-11H2,1-2H3. The molecule has 1 unspecified atom stereocenters. The first kappa shape index (κ1) is 16.4. The van der Waals surface area contributed by atoms with Crippen molar-refractivity contribution in [2.24, 2.45) is 5.92 Å². The van der Waals surface area contributed by atoms with Gasteiger partial charge in [-0.2, -0.15) is 0 Å². The van der Waals surface area contributed by atoms with Crippen molar-refractivity contribution in [3.63, 3.8) is 0 Å². The zero-order chi connectivity index (χ0) is 17.1. The second-order valence-corrected chi connectivity index (χ2v) is 6.01. The summed E-state index contributed by atoms with van der Waals surface area (Å²) in [5.41, 5.74) is 1.77. The van der Waals surface area contributed by atoms with Gasteiger partial charge in [-0.25, -0.2) is 4.79 Å². The molecule has 1 fully saturated rings. The summed E-state index contributed by atoms with van der Waals surface area (Å²) in [6, 6.07) is 7.73. The first-order valence-electron chi connectivity index (χ1n) is 8.06. The van der Waals surface area contributed by atoms with E-state index in [1.807, 2.05) is 31.2 Å². The molecule has 2 aromatic rings. The van der Waals surface area contributed by atoms with E-state index in [2.05, 4.69) is 0 Å². The topological polar surface area (TPSA) is 69.0 Å². The van der Waals surface area contributed by atoms with E-state index < -0.39 is 6.09 Å². The Balaban J connectivity index is 1.62. The first-order chi connectivity index (χ1) is 11.6. The average Bonchev–Trinajstić information content (AvgIpc) is 2.95. The van der Waals surface area contributed by atoms with Crippen LogP contribution in [0.4, 0.5) is 4.79 Å². The van der Waals surface area contributed by atoms with Crippen LogP contribution in [0.3, 0.4) is 0 Å². The molecule has 0 radical (unpaired) electrons. The van der Waals surface area contributed by atoms with Crippen molar-refractivity contribution in [2.75, 3.05) is 20.2 Å². The third-order valence-electron chi connectivity index (χ3n) is 4.48. The number of amides is 1. The lowest BCUT2D eigenvalue weighted by Gasteiger charge is -2.30. The van der Waals surface area contributed by atoms with Gasteiger partial charge in [0, 0.05) is 24.0 Å². The number of benzene rings is 1. The maximum absolute atomic E-state index is 12.3. The van der Waals surface area contributed by atoms with Gasteiger partial charge in [0.25, 0.3) is 0 Å². The van der Waals surface area contributed by atoms with Gasteiger partial charge in [0.05, 0.1) is 13.0 Å². The number of carbonyl (C=O) groups excluding carboxylic acids is 2. The summed E-state index contributed by atoms with van der Waals surface area (Å²) >= 11 is 0. The van der Waals surface area contributed by atoms with Crippen molar-refractivity contribution < 1.29 is 23.5 Å². The number of hydrogen-bond acceptors (Lipinski definition) is 5.